The Morgan fingerprint density at radius 1 is 1.30 bits per heavy atom. The number of rotatable bonds is 3. The predicted molar refractivity (Wildman–Crippen MR) is 90.1 cm³/mol. The van der Waals surface area contributed by atoms with Crippen LogP contribution in [0, 0.1) is 0 Å². The van der Waals surface area contributed by atoms with Gasteiger partial charge < -0.3 is 15.5 Å². The third kappa shape index (κ3) is 3.39. The van der Waals surface area contributed by atoms with Crippen molar-refractivity contribution in [1.29, 1.82) is 0 Å². The maximum Gasteiger partial charge on any atom is 0.227 e. The second-order valence-corrected chi connectivity index (χ2v) is 6.64. The highest BCUT2D eigenvalue weighted by Gasteiger charge is 2.29. The van der Waals surface area contributed by atoms with Gasteiger partial charge in [0, 0.05) is 43.7 Å². The molecule has 0 unspecified atom stereocenters. The number of carbonyl (C=O) groups is 2. The van der Waals surface area contributed by atoms with Crippen molar-refractivity contribution in [3.8, 4) is 0 Å². The molecule has 1 fully saturated rings. The SMILES string of the molecule is C[C@@H]1C[C@@H](N)CCN1C(=O)CCN1C(=O)CCc2ccccc21. The lowest BCUT2D eigenvalue weighted by molar-refractivity contribution is -0.134. The van der Waals surface area contributed by atoms with Gasteiger partial charge in [-0.05, 0) is 37.8 Å². The topological polar surface area (TPSA) is 66.6 Å². The molecule has 124 valence electrons. The van der Waals surface area contributed by atoms with Crippen LogP contribution in [0.1, 0.15) is 38.2 Å². The van der Waals surface area contributed by atoms with Crippen LogP contribution in [0.4, 0.5) is 5.69 Å². The van der Waals surface area contributed by atoms with E-state index in [1.807, 2.05) is 23.1 Å². The highest BCUT2D eigenvalue weighted by atomic mass is 16.2. The van der Waals surface area contributed by atoms with Crippen LogP contribution in [-0.4, -0.2) is 41.9 Å². The van der Waals surface area contributed by atoms with Crippen molar-refractivity contribution in [3.63, 3.8) is 0 Å². The molecule has 0 saturated carbocycles. The number of amides is 2. The normalized spacial score (nSPS) is 24.5. The summed E-state index contributed by atoms with van der Waals surface area (Å²) in [7, 11) is 0. The Balaban J connectivity index is 1.64. The molecule has 2 heterocycles. The molecule has 2 aliphatic rings. The Morgan fingerprint density at radius 2 is 2.09 bits per heavy atom. The molecule has 5 nitrogen and oxygen atoms in total. The molecule has 0 aromatic heterocycles. The van der Waals surface area contributed by atoms with E-state index >= 15 is 0 Å². The highest BCUT2D eigenvalue weighted by molar-refractivity contribution is 5.97. The van der Waals surface area contributed by atoms with Crippen LogP contribution in [-0.2, 0) is 16.0 Å². The minimum atomic E-state index is 0.116. The fourth-order valence-corrected chi connectivity index (χ4v) is 3.67. The summed E-state index contributed by atoms with van der Waals surface area (Å²) in [5.41, 5.74) is 8.11. The number of fused-ring (bicyclic) bond motifs is 1. The molecule has 1 aromatic rings. The number of benzene rings is 1. The molecular weight excluding hydrogens is 290 g/mol. The Labute approximate surface area is 137 Å². The summed E-state index contributed by atoms with van der Waals surface area (Å²) in [6, 6.07) is 8.36. The number of para-hydroxylation sites is 1. The standard InChI is InChI=1S/C18H25N3O2/c1-13-12-15(19)8-10-20(13)18(23)9-11-21-16-5-3-2-4-14(16)6-7-17(21)22/h2-5,13,15H,6-12,19H2,1H3/t13-,15+/m1/s1. The highest BCUT2D eigenvalue weighted by Crippen LogP contribution is 2.27. The van der Waals surface area contributed by atoms with Gasteiger partial charge >= 0.3 is 0 Å². The number of anilines is 1. The first-order valence-electron chi connectivity index (χ1n) is 8.49. The molecule has 3 rings (SSSR count). The number of carbonyl (C=O) groups excluding carboxylic acids is 2. The number of nitrogens with two attached hydrogens (primary N) is 1. The van der Waals surface area contributed by atoms with E-state index in [-0.39, 0.29) is 23.9 Å². The average molecular weight is 315 g/mol. The lowest BCUT2D eigenvalue weighted by atomic mass is 9.98. The first-order valence-corrected chi connectivity index (χ1v) is 8.49. The monoisotopic (exact) mass is 315 g/mol. The first-order chi connectivity index (χ1) is 11.1. The van der Waals surface area contributed by atoms with E-state index in [1.165, 1.54) is 5.56 Å². The van der Waals surface area contributed by atoms with E-state index in [1.54, 1.807) is 4.90 Å². The smallest absolute Gasteiger partial charge is 0.227 e. The first kappa shape index (κ1) is 16.0. The van der Waals surface area contributed by atoms with Crippen LogP contribution in [0.2, 0.25) is 0 Å². The summed E-state index contributed by atoms with van der Waals surface area (Å²) >= 11 is 0. The number of nitrogens with zero attached hydrogens (tertiary/aromatic N) is 2. The Bertz CT molecular complexity index is 602. The third-order valence-electron chi connectivity index (χ3n) is 4.98. The lowest BCUT2D eigenvalue weighted by Gasteiger charge is -2.37. The second-order valence-electron chi connectivity index (χ2n) is 6.64. The van der Waals surface area contributed by atoms with Gasteiger partial charge in [0.15, 0.2) is 0 Å². The van der Waals surface area contributed by atoms with E-state index in [4.69, 9.17) is 5.73 Å². The maximum absolute atomic E-state index is 12.5. The van der Waals surface area contributed by atoms with Gasteiger partial charge in [0.05, 0.1) is 0 Å². The van der Waals surface area contributed by atoms with E-state index in [9.17, 15) is 9.59 Å². The Morgan fingerprint density at radius 3 is 2.87 bits per heavy atom. The second kappa shape index (κ2) is 6.71. The summed E-state index contributed by atoms with van der Waals surface area (Å²) in [6.45, 7) is 3.24. The number of hydrogen-bond acceptors (Lipinski definition) is 3. The Kier molecular flexibility index (Phi) is 4.66. The van der Waals surface area contributed by atoms with Gasteiger partial charge in [-0.2, -0.15) is 0 Å². The molecule has 23 heavy (non-hydrogen) atoms. The summed E-state index contributed by atoms with van der Waals surface area (Å²) in [5, 5.41) is 0. The zero-order valence-corrected chi connectivity index (χ0v) is 13.7. The van der Waals surface area contributed by atoms with Crippen molar-refractivity contribution < 1.29 is 9.59 Å². The molecule has 0 spiro atoms. The predicted octanol–water partition coefficient (Wildman–Crippen LogP) is 1.69. The fraction of sp³-hybridized carbons (Fsp3) is 0.556. The van der Waals surface area contributed by atoms with Crippen LogP contribution >= 0.6 is 0 Å². The van der Waals surface area contributed by atoms with Gasteiger partial charge in [-0.15, -0.1) is 0 Å². The molecule has 0 bridgehead atoms. The molecule has 2 amide bonds. The van der Waals surface area contributed by atoms with Crippen molar-refractivity contribution >= 4 is 17.5 Å². The lowest BCUT2D eigenvalue weighted by Crippen LogP contribution is -2.49. The molecule has 0 radical (unpaired) electrons. The van der Waals surface area contributed by atoms with Gasteiger partial charge in [0.2, 0.25) is 11.8 Å². The average Bonchev–Trinajstić information content (AvgIpc) is 2.53. The minimum Gasteiger partial charge on any atom is -0.340 e. The third-order valence-corrected chi connectivity index (χ3v) is 4.98. The van der Waals surface area contributed by atoms with E-state index < -0.39 is 0 Å². The van der Waals surface area contributed by atoms with Gasteiger partial charge in [0.25, 0.3) is 0 Å². The molecule has 5 heteroatoms. The van der Waals surface area contributed by atoms with Gasteiger partial charge in [0.1, 0.15) is 0 Å². The maximum atomic E-state index is 12.5. The van der Waals surface area contributed by atoms with Crippen LogP contribution in [0.5, 0.6) is 0 Å². The summed E-state index contributed by atoms with van der Waals surface area (Å²) in [4.78, 5) is 28.5. The van der Waals surface area contributed by atoms with Crippen molar-refractivity contribution in [2.24, 2.45) is 5.73 Å². The zero-order valence-electron chi connectivity index (χ0n) is 13.7. The summed E-state index contributed by atoms with van der Waals surface area (Å²) in [6.07, 6.45) is 3.42. The zero-order chi connectivity index (χ0) is 16.4. The van der Waals surface area contributed by atoms with Crippen LogP contribution in [0.15, 0.2) is 24.3 Å². The van der Waals surface area contributed by atoms with Gasteiger partial charge in [-0.25, -0.2) is 0 Å². The van der Waals surface area contributed by atoms with Gasteiger partial charge in [-0.1, -0.05) is 18.2 Å². The fourth-order valence-electron chi connectivity index (χ4n) is 3.67. The quantitative estimate of drug-likeness (QED) is 0.923. The van der Waals surface area contributed by atoms with Crippen molar-refractivity contribution in [2.45, 2.75) is 51.1 Å². The number of hydrogen-bond donors (Lipinski definition) is 1. The van der Waals surface area contributed by atoms with E-state index in [2.05, 4.69) is 13.0 Å². The van der Waals surface area contributed by atoms with Crippen molar-refractivity contribution in [3.05, 3.63) is 29.8 Å². The molecule has 1 saturated heterocycles. The van der Waals surface area contributed by atoms with Crippen molar-refractivity contribution in [1.82, 2.24) is 4.90 Å². The Hall–Kier alpha value is -1.88. The minimum absolute atomic E-state index is 0.116. The number of piperidine rings is 1. The van der Waals surface area contributed by atoms with E-state index in [0.29, 0.717) is 19.4 Å². The van der Waals surface area contributed by atoms with Crippen LogP contribution in [0.25, 0.3) is 0 Å². The number of aryl methyl sites for hydroxylation is 1. The van der Waals surface area contributed by atoms with E-state index in [0.717, 1.165) is 31.5 Å². The molecule has 2 atom stereocenters. The van der Waals surface area contributed by atoms with Crippen molar-refractivity contribution in [2.75, 3.05) is 18.0 Å². The number of likely N-dealkylation sites (tertiary alicyclic amines) is 1. The molecule has 2 aliphatic heterocycles. The van der Waals surface area contributed by atoms with Crippen LogP contribution < -0.4 is 10.6 Å². The van der Waals surface area contributed by atoms with Gasteiger partial charge in [-0.3, -0.25) is 9.59 Å². The summed E-state index contributed by atoms with van der Waals surface area (Å²) < 4.78 is 0. The van der Waals surface area contributed by atoms with Crippen LogP contribution in [0.3, 0.4) is 0 Å². The molecular formula is C18H25N3O2. The molecule has 1 aromatic carbocycles. The molecule has 2 N–H and O–H groups in total. The molecule has 0 aliphatic carbocycles. The summed E-state index contributed by atoms with van der Waals surface area (Å²) in [5.74, 6) is 0.241. The largest absolute Gasteiger partial charge is 0.340 e.